The maximum atomic E-state index is 13.4. The molecule has 0 unspecified atom stereocenters. The van der Waals surface area contributed by atoms with E-state index in [9.17, 15) is 19.5 Å². The number of amides is 1. The smallest absolute Gasteiger partial charge is 0.355 e. The summed E-state index contributed by atoms with van der Waals surface area (Å²) in [7, 11) is 6.83. The van der Waals surface area contributed by atoms with Crippen molar-refractivity contribution in [1.29, 1.82) is 0 Å². The van der Waals surface area contributed by atoms with Gasteiger partial charge in [0.2, 0.25) is 0 Å². The minimum absolute atomic E-state index is 0.0815. The molecule has 1 atom stereocenters. The highest BCUT2D eigenvalue weighted by molar-refractivity contribution is 6.46. The SMILES string of the molecule is CCOC(=O)c1[nH]c(C)c(C(O)=C2C(=O)C(=O)N(CCCN(C)C)[C@H]2c2cccc(OC)c2OC)c1C. The van der Waals surface area contributed by atoms with E-state index >= 15 is 0 Å². The van der Waals surface area contributed by atoms with Crippen LogP contribution >= 0.6 is 0 Å². The van der Waals surface area contributed by atoms with Gasteiger partial charge >= 0.3 is 5.97 Å². The van der Waals surface area contributed by atoms with Crippen molar-refractivity contribution in [3.05, 3.63) is 51.9 Å². The molecule has 2 heterocycles. The number of esters is 1. The Morgan fingerprint density at radius 1 is 1.16 bits per heavy atom. The predicted molar refractivity (Wildman–Crippen MR) is 138 cm³/mol. The largest absolute Gasteiger partial charge is 0.507 e. The van der Waals surface area contributed by atoms with Gasteiger partial charge in [-0.15, -0.1) is 0 Å². The summed E-state index contributed by atoms with van der Waals surface area (Å²) in [4.78, 5) is 45.6. The molecule has 2 aromatic rings. The van der Waals surface area contributed by atoms with Crippen molar-refractivity contribution in [2.24, 2.45) is 0 Å². The lowest BCUT2D eigenvalue weighted by atomic mass is 9.93. The molecular formula is C27H35N3O7. The molecule has 1 aromatic carbocycles. The summed E-state index contributed by atoms with van der Waals surface area (Å²) in [6.45, 7) is 6.19. The lowest BCUT2D eigenvalue weighted by molar-refractivity contribution is -0.140. The molecule has 3 rings (SSSR count). The number of ether oxygens (including phenoxy) is 3. The Labute approximate surface area is 216 Å². The molecule has 0 saturated carbocycles. The fourth-order valence-electron chi connectivity index (χ4n) is 4.77. The average molecular weight is 514 g/mol. The summed E-state index contributed by atoms with van der Waals surface area (Å²) in [6, 6.07) is 4.27. The Morgan fingerprint density at radius 2 is 1.86 bits per heavy atom. The van der Waals surface area contributed by atoms with Gasteiger partial charge < -0.3 is 34.1 Å². The van der Waals surface area contributed by atoms with E-state index in [-0.39, 0.29) is 35.7 Å². The molecule has 0 bridgehead atoms. The average Bonchev–Trinajstić information content (AvgIpc) is 3.30. The number of para-hydroxylation sites is 1. The number of carbonyl (C=O) groups is 3. The molecule has 2 N–H and O–H groups in total. The molecule has 37 heavy (non-hydrogen) atoms. The molecule has 1 fully saturated rings. The number of methoxy groups -OCH3 is 2. The minimum Gasteiger partial charge on any atom is -0.507 e. The number of likely N-dealkylation sites (tertiary alicyclic amines) is 1. The van der Waals surface area contributed by atoms with E-state index in [0.717, 1.165) is 0 Å². The van der Waals surface area contributed by atoms with E-state index in [0.29, 0.717) is 41.3 Å². The van der Waals surface area contributed by atoms with Gasteiger partial charge in [-0.2, -0.15) is 0 Å². The Kier molecular flexibility index (Phi) is 8.65. The van der Waals surface area contributed by atoms with Gasteiger partial charge in [-0.3, -0.25) is 9.59 Å². The third-order valence-corrected chi connectivity index (χ3v) is 6.43. The molecule has 10 heteroatoms. The maximum absolute atomic E-state index is 13.4. The number of nitrogens with zero attached hydrogens (tertiary/aromatic N) is 2. The molecule has 1 aliphatic heterocycles. The highest BCUT2D eigenvalue weighted by atomic mass is 16.5. The van der Waals surface area contributed by atoms with Crippen molar-refractivity contribution in [1.82, 2.24) is 14.8 Å². The molecule has 10 nitrogen and oxygen atoms in total. The zero-order valence-electron chi connectivity index (χ0n) is 22.4. The molecule has 200 valence electrons. The van der Waals surface area contributed by atoms with Crippen molar-refractivity contribution in [3.8, 4) is 11.5 Å². The number of nitrogens with one attached hydrogen (secondary N) is 1. The summed E-state index contributed by atoms with van der Waals surface area (Å²) in [6.07, 6.45) is 0.609. The van der Waals surface area contributed by atoms with E-state index in [2.05, 4.69) is 4.98 Å². The first-order valence-electron chi connectivity index (χ1n) is 12.1. The van der Waals surface area contributed by atoms with Crippen LogP contribution in [0.25, 0.3) is 5.76 Å². The van der Waals surface area contributed by atoms with E-state index in [1.54, 1.807) is 39.0 Å². The van der Waals surface area contributed by atoms with Crippen LogP contribution in [0, 0.1) is 13.8 Å². The third kappa shape index (κ3) is 5.20. The van der Waals surface area contributed by atoms with Gasteiger partial charge in [0, 0.05) is 23.4 Å². The van der Waals surface area contributed by atoms with Gasteiger partial charge in [0.15, 0.2) is 11.5 Å². The number of aromatic nitrogens is 1. The normalized spacial score (nSPS) is 17.0. The topological polar surface area (TPSA) is 121 Å². The number of hydrogen-bond acceptors (Lipinski definition) is 8. The van der Waals surface area contributed by atoms with E-state index in [4.69, 9.17) is 14.2 Å². The maximum Gasteiger partial charge on any atom is 0.355 e. The fraction of sp³-hybridized carbons (Fsp3) is 0.444. The number of aliphatic hydroxyl groups is 1. The number of ketones is 1. The van der Waals surface area contributed by atoms with Gasteiger partial charge in [0.25, 0.3) is 11.7 Å². The summed E-state index contributed by atoms with van der Waals surface area (Å²) in [5.41, 5.74) is 1.76. The molecule has 1 saturated heterocycles. The Bertz CT molecular complexity index is 1230. The van der Waals surface area contributed by atoms with E-state index in [1.165, 1.54) is 19.1 Å². The van der Waals surface area contributed by atoms with Gasteiger partial charge in [0.05, 0.1) is 32.4 Å². The number of aromatic amines is 1. The van der Waals surface area contributed by atoms with Crippen LogP contribution < -0.4 is 9.47 Å². The zero-order chi connectivity index (χ0) is 27.4. The number of rotatable bonds is 10. The second kappa shape index (κ2) is 11.5. The van der Waals surface area contributed by atoms with Gasteiger partial charge in [-0.1, -0.05) is 12.1 Å². The first-order chi connectivity index (χ1) is 17.6. The number of hydrogen-bond donors (Lipinski definition) is 2. The predicted octanol–water partition coefficient (Wildman–Crippen LogP) is 3.20. The van der Waals surface area contributed by atoms with Crippen molar-refractivity contribution in [2.45, 2.75) is 33.2 Å². The Hall–Kier alpha value is -3.79. The highest BCUT2D eigenvalue weighted by Crippen LogP contribution is 2.46. The Morgan fingerprint density at radius 3 is 2.46 bits per heavy atom. The highest BCUT2D eigenvalue weighted by Gasteiger charge is 2.47. The van der Waals surface area contributed by atoms with Gasteiger partial charge in [-0.25, -0.2) is 4.79 Å². The molecule has 0 spiro atoms. The van der Waals surface area contributed by atoms with Gasteiger partial charge in [0.1, 0.15) is 11.5 Å². The molecule has 0 radical (unpaired) electrons. The summed E-state index contributed by atoms with van der Waals surface area (Å²) in [5, 5.41) is 11.6. The first kappa shape index (κ1) is 27.8. The summed E-state index contributed by atoms with van der Waals surface area (Å²) < 4.78 is 16.2. The minimum atomic E-state index is -0.924. The number of benzene rings is 1. The summed E-state index contributed by atoms with van der Waals surface area (Å²) in [5.74, 6) is -1.68. The molecule has 0 aliphatic carbocycles. The second-order valence-corrected chi connectivity index (χ2v) is 9.08. The second-order valence-electron chi connectivity index (χ2n) is 9.08. The van der Waals surface area contributed by atoms with Crippen LogP contribution in [0.5, 0.6) is 11.5 Å². The molecule has 1 aromatic heterocycles. The van der Waals surface area contributed by atoms with E-state index < -0.39 is 23.7 Å². The van der Waals surface area contributed by atoms with E-state index in [1.807, 2.05) is 19.0 Å². The number of carbonyl (C=O) groups excluding carboxylic acids is 3. The quantitative estimate of drug-likeness (QED) is 0.215. The van der Waals surface area contributed by atoms with Crippen molar-refractivity contribution < 1.29 is 33.7 Å². The third-order valence-electron chi connectivity index (χ3n) is 6.43. The molecule has 1 aliphatic rings. The van der Waals surface area contributed by atoms with Crippen LogP contribution in [-0.4, -0.2) is 85.6 Å². The lowest BCUT2D eigenvalue weighted by Gasteiger charge is -2.27. The number of aliphatic hydroxyl groups excluding tert-OH is 1. The molecule has 1 amide bonds. The zero-order valence-corrected chi connectivity index (χ0v) is 22.4. The van der Waals surface area contributed by atoms with Crippen molar-refractivity contribution in [2.75, 3.05) is 48.0 Å². The van der Waals surface area contributed by atoms with Crippen LogP contribution in [0.3, 0.4) is 0 Å². The summed E-state index contributed by atoms with van der Waals surface area (Å²) >= 11 is 0. The fourth-order valence-corrected chi connectivity index (χ4v) is 4.77. The number of aryl methyl sites for hydroxylation is 1. The van der Waals surface area contributed by atoms with Crippen molar-refractivity contribution in [3.63, 3.8) is 0 Å². The van der Waals surface area contributed by atoms with Crippen LogP contribution in [0.2, 0.25) is 0 Å². The lowest BCUT2D eigenvalue weighted by Crippen LogP contribution is -2.32. The first-order valence-corrected chi connectivity index (χ1v) is 12.1. The van der Waals surface area contributed by atoms with Crippen LogP contribution in [0.1, 0.15) is 52.3 Å². The Balaban J connectivity index is 2.26. The standard InChI is InChI=1S/C27H35N3O7/c1-8-37-27(34)21-15(2)19(16(3)28-21)23(31)20-22(17-11-9-12-18(35-6)25(17)36-7)30(26(33)24(20)32)14-10-13-29(4)5/h9,11-12,22,28,31H,8,10,13-14H2,1-7H3/t22-/m0/s1. The van der Waals surface area contributed by atoms with Crippen LogP contribution in [-0.2, 0) is 14.3 Å². The monoisotopic (exact) mass is 513 g/mol. The van der Waals surface area contributed by atoms with Crippen LogP contribution in [0.4, 0.5) is 0 Å². The number of H-pyrrole nitrogens is 1. The molecular weight excluding hydrogens is 478 g/mol. The number of Topliss-reactive ketones (excluding diaryl/α,β-unsaturated/α-hetero) is 1. The van der Waals surface area contributed by atoms with Crippen molar-refractivity contribution >= 4 is 23.4 Å². The van der Waals surface area contributed by atoms with Crippen LogP contribution in [0.15, 0.2) is 23.8 Å². The van der Waals surface area contributed by atoms with Gasteiger partial charge in [-0.05, 0) is 59.5 Å².